The summed E-state index contributed by atoms with van der Waals surface area (Å²) in [5.41, 5.74) is 2.57. The number of thioether (sulfide) groups is 2. The fourth-order valence-electron chi connectivity index (χ4n) is 2.10. The first-order chi connectivity index (χ1) is 13.0. The number of hydrogen-bond acceptors (Lipinski definition) is 6. The molecule has 4 nitrogen and oxygen atoms in total. The summed E-state index contributed by atoms with van der Waals surface area (Å²) < 4.78 is 14.5. The van der Waals surface area contributed by atoms with Crippen LogP contribution in [0.2, 0.25) is 5.02 Å². The SMILES string of the molecule is Cc1c(Cl)cccc1NC(=O)CSc1nnc(SCc2ccc(F)cc2)s1. The average molecular weight is 440 g/mol. The molecule has 0 saturated carbocycles. The van der Waals surface area contributed by atoms with Crippen LogP contribution in [0.25, 0.3) is 0 Å². The lowest BCUT2D eigenvalue weighted by atomic mass is 10.2. The summed E-state index contributed by atoms with van der Waals surface area (Å²) in [5.74, 6) is 0.558. The van der Waals surface area contributed by atoms with E-state index in [2.05, 4.69) is 15.5 Å². The largest absolute Gasteiger partial charge is 0.325 e. The lowest BCUT2D eigenvalue weighted by Gasteiger charge is -2.08. The van der Waals surface area contributed by atoms with E-state index in [-0.39, 0.29) is 17.5 Å². The highest BCUT2D eigenvalue weighted by Gasteiger charge is 2.11. The van der Waals surface area contributed by atoms with E-state index in [0.29, 0.717) is 16.5 Å². The molecule has 140 valence electrons. The number of nitrogens with one attached hydrogen (secondary N) is 1. The molecule has 0 spiro atoms. The van der Waals surface area contributed by atoms with Gasteiger partial charge >= 0.3 is 0 Å². The maximum Gasteiger partial charge on any atom is 0.234 e. The molecule has 3 aromatic rings. The van der Waals surface area contributed by atoms with E-state index in [4.69, 9.17) is 11.6 Å². The summed E-state index contributed by atoms with van der Waals surface area (Å²) in [6, 6.07) is 11.8. The zero-order chi connectivity index (χ0) is 19.2. The summed E-state index contributed by atoms with van der Waals surface area (Å²) in [7, 11) is 0. The Bertz CT molecular complexity index is 934. The lowest BCUT2D eigenvalue weighted by molar-refractivity contribution is -0.113. The summed E-state index contributed by atoms with van der Waals surface area (Å²) in [6.07, 6.45) is 0. The molecular formula is C18H15ClFN3OS3. The number of hydrogen-bond donors (Lipinski definition) is 1. The predicted octanol–water partition coefficient (Wildman–Crippen LogP) is 5.66. The number of aromatic nitrogens is 2. The average Bonchev–Trinajstić information content (AvgIpc) is 3.11. The first kappa shape index (κ1) is 20.1. The number of benzene rings is 2. The van der Waals surface area contributed by atoms with Crippen LogP contribution < -0.4 is 5.32 Å². The van der Waals surface area contributed by atoms with Gasteiger partial charge in [0.25, 0.3) is 0 Å². The molecular weight excluding hydrogens is 425 g/mol. The molecule has 0 aliphatic rings. The first-order valence-corrected chi connectivity index (χ1v) is 11.1. The van der Waals surface area contributed by atoms with Crippen LogP contribution in [0.3, 0.4) is 0 Å². The Hall–Kier alpha value is -1.61. The van der Waals surface area contributed by atoms with Crippen LogP contribution >= 0.6 is 46.5 Å². The van der Waals surface area contributed by atoms with Crippen molar-refractivity contribution in [3.05, 3.63) is 64.4 Å². The number of amides is 1. The summed E-state index contributed by atoms with van der Waals surface area (Å²) >= 11 is 10.4. The third-order valence-electron chi connectivity index (χ3n) is 3.53. The zero-order valence-corrected chi connectivity index (χ0v) is 17.4. The van der Waals surface area contributed by atoms with Gasteiger partial charge in [0.2, 0.25) is 5.91 Å². The highest BCUT2D eigenvalue weighted by atomic mass is 35.5. The Kier molecular flexibility index (Phi) is 7.12. The highest BCUT2D eigenvalue weighted by molar-refractivity contribution is 8.03. The number of anilines is 1. The van der Waals surface area contributed by atoms with E-state index < -0.39 is 0 Å². The minimum absolute atomic E-state index is 0.124. The minimum atomic E-state index is -0.246. The molecule has 0 radical (unpaired) electrons. The molecule has 9 heteroatoms. The van der Waals surface area contributed by atoms with Crippen LogP contribution in [0.4, 0.5) is 10.1 Å². The maximum atomic E-state index is 12.9. The Labute approximate surface area is 173 Å². The molecule has 1 N–H and O–H groups in total. The normalized spacial score (nSPS) is 10.8. The Morgan fingerprint density at radius 3 is 2.59 bits per heavy atom. The van der Waals surface area contributed by atoms with Crippen molar-refractivity contribution >= 4 is 58.1 Å². The van der Waals surface area contributed by atoms with Crippen molar-refractivity contribution in [2.45, 2.75) is 21.4 Å². The summed E-state index contributed by atoms with van der Waals surface area (Å²) in [4.78, 5) is 12.1. The van der Waals surface area contributed by atoms with Crippen molar-refractivity contribution in [3.8, 4) is 0 Å². The number of carbonyl (C=O) groups is 1. The van der Waals surface area contributed by atoms with Gasteiger partial charge in [-0.05, 0) is 42.3 Å². The van der Waals surface area contributed by atoms with Crippen molar-refractivity contribution in [1.29, 1.82) is 0 Å². The minimum Gasteiger partial charge on any atom is -0.325 e. The fourth-order valence-corrected chi connectivity index (χ4v) is 5.05. The fraction of sp³-hybridized carbons (Fsp3) is 0.167. The Balaban J connectivity index is 1.48. The van der Waals surface area contributed by atoms with Gasteiger partial charge in [0.1, 0.15) is 5.82 Å². The van der Waals surface area contributed by atoms with Gasteiger partial charge in [-0.2, -0.15) is 0 Å². The smallest absolute Gasteiger partial charge is 0.234 e. The van der Waals surface area contributed by atoms with Gasteiger partial charge in [0.05, 0.1) is 5.75 Å². The van der Waals surface area contributed by atoms with Gasteiger partial charge in [0.15, 0.2) is 8.68 Å². The molecule has 1 amide bonds. The first-order valence-electron chi connectivity index (χ1n) is 7.90. The van der Waals surface area contributed by atoms with Gasteiger partial charge < -0.3 is 5.32 Å². The van der Waals surface area contributed by atoms with Gasteiger partial charge in [0, 0.05) is 16.5 Å². The van der Waals surface area contributed by atoms with Crippen LogP contribution in [-0.2, 0) is 10.5 Å². The van der Waals surface area contributed by atoms with Crippen LogP contribution in [0.15, 0.2) is 51.1 Å². The van der Waals surface area contributed by atoms with E-state index in [9.17, 15) is 9.18 Å². The van der Waals surface area contributed by atoms with E-state index in [1.807, 2.05) is 13.0 Å². The third-order valence-corrected chi connectivity index (χ3v) is 7.20. The number of rotatable bonds is 7. The van der Waals surface area contributed by atoms with Gasteiger partial charge in [-0.15, -0.1) is 10.2 Å². The standard InChI is InChI=1S/C18H15ClFN3OS3/c1-11-14(19)3-2-4-15(11)21-16(24)10-26-18-23-22-17(27-18)25-9-12-5-7-13(20)8-6-12/h2-8H,9-10H2,1H3,(H,21,24). The molecule has 0 saturated heterocycles. The van der Waals surface area contributed by atoms with Crippen LogP contribution in [0.5, 0.6) is 0 Å². The van der Waals surface area contributed by atoms with Crippen LogP contribution in [-0.4, -0.2) is 21.9 Å². The number of carbonyl (C=O) groups excluding carboxylic acids is 1. The second-order valence-electron chi connectivity index (χ2n) is 5.50. The Morgan fingerprint density at radius 2 is 1.85 bits per heavy atom. The van der Waals surface area contributed by atoms with Crippen molar-refractivity contribution in [3.63, 3.8) is 0 Å². The lowest BCUT2D eigenvalue weighted by Crippen LogP contribution is -2.14. The number of halogens is 2. The van der Waals surface area contributed by atoms with Crippen LogP contribution in [0, 0.1) is 12.7 Å². The molecule has 0 fully saturated rings. The highest BCUT2D eigenvalue weighted by Crippen LogP contribution is 2.31. The molecule has 1 heterocycles. The quantitative estimate of drug-likeness (QED) is 0.481. The summed E-state index contributed by atoms with van der Waals surface area (Å²) in [5, 5.41) is 11.7. The maximum absolute atomic E-state index is 12.9. The molecule has 0 unspecified atom stereocenters. The molecule has 3 rings (SSSR count). The van der Waals surface area contributed by atoms with E-state index >= 15 is 0 Å². The van der Waals surface area contributed by atoms with Crippen molar-refractivity contribution < 1.29 is 9.18 Å². The topological polar surface area (TPSA) is 54.9 Å². The van der Waals surface area contributed by atoms with Gasteiger partial charge in [-0.3, -0.25) is 4.79 Å². The molecule has 0 aliphatic carbocycles. The van der Waals surface area contributed by atoms with Crippen LogP contribution in [0.1, 0.15) is 11.1 Å². The van der Waals surface area contributed by atoms with E-state index in [1.54, 1.807) is 24.3 Å². The molecule has 2 aromatic carbocycles. The van der Waals surface area contributed by atoms with Gasteiger partial charge in [-0.25, -0.2) is 4.39 Å². The predicted molar refractivity (Wildman–Crippen MR) is 111 cm³/mol. The molecule has 1 aromatic heterocycles. The molecule has 27 heavy (non-hydrogen) atoms. The number of nitrogens with zero attached hydrogens (tertiary/aromatic N) is 2. The van der Waals surface area contributed by atoms with Crippen molar-refractivity contribution in [2.75, 3.05) is 11.1 Å². The third kappa shape index (κ3) is 5.93. The van der Waals surface area contributed by atoms with Crippen molar-refractivity contribution in [2.24, 2.45) is 0 Å². The van der Waals surface area contributed by atoms with Crippen molar-refractivity contribution in [1.82, 2.24) is 10.2 Å². The monoisotopic (exact) mass is 439 g/mol. The molecule has 0 atom stereocenters. The molecule has 0 aliphatic heterocycles. The van der Waals surface area contributed by atoms with Gasteiger partial charge in [-0.1, -0.05) is 64.7 Å². The second-order valence-corrected chi connectivity index (χ2v) is 9.33. The van der Waals surface area contributed by atoms with E-state index in [1.165, 1.54) is 47.0 Å². The van der Waals surface area contributed by atoms with E-state index in [0.717, 1.165) is 19.8 Å². The summed E-state index contributed by atoms with van der Waals surface area (Å²) in [6.45, 7) is 1.86. The zero-order valence-electron chi connectivity index (χ0n) is 14.2. The second kappa shape index (κ2) is 9.54. The molecule has 0 bridgehead atoms. The Morgan fingerprint density at radius 1 is 1.15 bits per heavy atom.